The summed E-state index contributed by atoms with van der Waals surface area (Å²) in [5.74, 6) is 1.95. The van der Waals surface area contributed by atoms with E-state index in [9.17, 15) is 4.79 Å². The molecule has 0 saturated carbocycles. The van der Waals surface area contributed by atoms with E-state index in [-0.39, 0.29) is 5.78 Å². The molecule has 0 unspecified atom stereocenters. The van der Waals surface area contributed by atoms with Crippen LogP contribution >= 0.6 is 11.3 Å². The van der Waals surface area contributed by atoms with Crippen molar-refractivity contribution in [3.8, 4) is 11.6 Å². The molecule has 22 heavy (non-hydrogen) atoms. The number of hydrogen-bond acceptors (Lipinski definition) is 5. The lowest BCUT2D eigenvalue weighted by Gasteiger charge is -2.08. The first-order valence-corrected chi connectivity index (χ1v) is 7.80. The molecular formula is C17H16N2O2S. The highest BCUT2D eigenvalue weighted by Crippen LogP contribution is 2.36. The molecule has 5 heteroatoms. The van der Waals surface area contributed by atoms with Crippen LogP contribution in [0.1, 0.15) is 33.5 Å². The van der Waals surface area contributed by atoms with Crippen LogP contribution in [0.15, 0.2) is 24.3 Å². The Hall–Kier alpha value is -2.27. The van der Waals surface area contributed by atoms with Gasteiger partial charge in [0, 0.05) is 10.4 Å². The van der Waals surface area contributed by atoms with Gasteiger partial charge in [0.1, 0.15) is 16.4 Å². The van der Waals surface area contributed by atoms with Crippen molar-refractivity contribution in [2.45, 2.75) is 27.7 Å². The lowest BCUT2D eigenvalue weighted by Crippen LogP contribution is -1.95. The van der Waals surface area contributed by atoms with Crippen molar-refractivity contribution < 1.29 is 9.53 Å². The zero-order chi connectivity index (χ0) is 15.9. The van der Waals surface area contributed by atoms with E-state index >= 15 is 0 Å². The molecule has 0 radical (unpaired) electrons. The van der Waals surface area contributed by atoms with E-state index in [2.05, 4.69) is 23.8 Å². The third kappa shape index (κ3) is 2.60. The van der Waals surface area contributed by atoms with Crippen LogP contribution < -0.4 is 4.74 Å². The minimum atomic E-state index is 0.0381. The van der Waals surface area contributed by atoms with Gasteiger partial charge in [-0.25, -0.2) is 4.98 Å². The molecule has 0 saturated heterocycles. The molecule has 0 bridgehead atoms. The minimum Gasteiger partial charge on any atom is -0.438 e. The first kappa shape index (κ1) is 14.7. The standard InChI is InChI=1S/C17H16N2O2S/c1-9-11(3)22-17-15(9)16(18-12(4)19-17)21-14-7-5-13(6-8-14)10(2)20/h5-8H,1-4H3. The first-order valence-electron chi connectivity index (χ1n) is 6.99. The maximum atomic E-state index is 11.3. The van der Waals surface area contributed by atoms with Crippen molar-refractivity contribution in [1.82, 2.24) is 9.97 Å². The van der Waals surface area contributed by atoms with E-state index in [0.717, 1.165) is 15.8 Å². The monoisotopic (exact) mass is 312 g/mol. The molecular weight excluding hydrogens is 296 g/mol. The van der Waals surface area contributed by atoms with Gasteiger partial charge in [0.2, 0.25) is 5.88 Å². The Labute approximate surface area is 132 Å². The molecule has 3 rings (SSSR count). The van der Waals surface area contributed by atoms with E-state index in [4.69, 9.17) is 4.74 Å². The van der Waals surface area contributed by atoms with Crippen LogP contribution in [0.3, 0.4) is 0 Å². The predicted molar refractivity (Wildman–Crippen MR) is 88.1 cm³/mol. The second kappa shape index (κ2) is 5.50. The molecule has 0 amide bonds. The van der Waals surface area contributed by atoms with Crippen LogP contribution in [0.2, 0.25) is 0 Å². The van der Waals surface area contributed by atoms with Gasteiger partial charge in [0.15, 0.2) is 5.78 Å². The molecule has 112 valence electrons. The molecule has 0 spiro atoms. The SMILES string of the molecule is CC(=O)c1ccc(Oc2nc(C)nc3sc(C)c(C)c23)cc1. The van der Waals surface area contributed by atoms with Gasteiger partial charge in [0.05, 0.1) is 5.39 Å². The number of rotatable bonds is 3. The predicted octanol–water partition coefficient (Wildman–Crippen LogP) is 4.61. The molecule has 0 fully saturated rings. The summed E-state index contributed by atoms with van der Waals surface area (Å²) in [6, 6.07) is 7.09. The van der Waals surface area contributed by atoms with Crippen LogP contribution in [0, 0.1) is 20.8 Å². The van der Waals surface area contributed by atoms with Crippen LogP contribution in [0.5, 0.6) is 11.6 Å². The molecule has 2 aromatic heterocycles. The number of carbonyl (C=O) groups is 1. The van der Waals surface area contributed by atoms with Gasteiger partial charge in [-0.2, -0.15) is 4.98 Å². The van der Waals surface area contributed by atoms with Crippen molar-refractivity contribution in [1.29, 1.82) is 0 Å². The Morgan fingerprint density at radius 2 is 1.77 bits per heavy atom. The quantitative estimate of drug-likeness (QED) is 0.663. The lowest BCUT2D eigenvalue weighted by atomic mass is 10.1. The van der Waals surface area contributed by atoms with E-state index in [1.807, 2.05) is 6.92 Å². The number of aryl methyl sites for hydroxylation is 3. The van der Waals surface area contributed by atoms with Gasteiger partial charge in [-0.3, -0.25) is 4.79 Å². The average molecular weight is 312 g/mol. The molecule has 4 nitrogen and oxygen atoms in total. The average Bonchev–Trinajstić information content (AvgIpc) is 2.74. The molecule has 0 aliphatic heterocycles. The molecule has 0 aliphatic rings. The summed E-state index contributed by atoms with van der Waals surface area (Å²) in [6.45, 7) is 7.53. The summed E-state index contributed by atoms with van der Waals surface area (Å²) < 4.78 is 5.95. The Balaban J connectivity index is 2.04. The molecule has 3 aromatic rings. The van der Waals surface area contributed by atoms with Crippen LogP contribution in [-0.4, -0.2) is 15.8 Å². The molecule has 0 aliphatic carbocycles. The van der Waals surface area contributed by atoms with Gasteiger partial charge < -0.3 is 4.74 Å². The van der Waals surface area contributed by atoms with Crippen molar-refractivity contribution in [3.05, 3.63) is 46.1 Å². The number of nitrogens with zero attached hydrogens (tertiary/aromatic N) is 2. The molecule has 2 heterocycles. The summed E-state index contributed by atoms with van der Waals surface area (Å²) in [6.07, 6.45) is 0. The van der Waals surface area contributed by atoms with Gasteiger partial charge in [-0.1, -0.05) is 0 Å². The highest BCUT2D eigenvalue weighted by atomic mass is 32.1. The summed E-state index contributed by atoms with van der Waals surface area (Å²) in [4.78, 5) is 22.4. The topological polar surface area (TPSA) is 52.1 Å². The number of ketones is 1. The number of hydrogen-bond donors (Lipinski definition) is 0. The summed E-state index contributed by atoms with van der Waals surface area (Å²) in [5.41, 5.74) is 1.81. The highest BCUT2D eigenvalue weighted by molar-refractivity contribution is 7.18. The fraction of sp³-hybridized carbons (Fsp3) is 0.235. The maximum Gasteiger partial charge on any atom is 0.231 e. The fourth-order valence-electron chi connectivity index (χ4n) is 2.26. The zero-order valence-corrected chi connectivity index (χ0v) is 13.7. The zero-order valence-electron chi connectivity index (χ0n) is 12.9. The van der Waals surface area contributed by atoms with Gasteiger partial charge >= 0.3 is 0 Å². The first-order chi connectivity index (χ1) is 10.5. The number of Topliss-reactive ketones (excluding diaryl/α,β-unsaturated/α-hetero) is 1. The Morgan fingerprint density at radius 3 is 2.41 bits per heavy atom. The highest BCUT2D eigenvalue weighted by Gasteiger charge is 2.15. The summed E-state index contributed by atoms with van der Waals surface area (Å²) >= 11 is 1.65. The van der Waals surface area contributed by atoms with Crippen molar-refractivity contribution in [3.63, 3.8) is 0 Å². The van der Waals surface area contributed by atoms with E-state index < -0.39 is 0 Å². The van der Waals surface area contributed by atoms with Crippen LogP contribution in [0.25, 0.3) is 10.2 Å². The number of aromatic nitrogens is 2. The second-order valence-electron chi connectivity index (χ2n) is 5.22. The summed E-state index contributed by atoms with van der Waals surface area (Å²) in [7, 11) is 0. The summed E-state index contributed by atoms with van der Waals surface area (Å²) in [5, 5.41) is 0.962. The van der Waals surface area contributed by atoms with Gasteiger partial charge in [0.25, 0.3) is 0 Å². The van der Waals surface area contributed by atoms with E-state index in [1.165, 1.54) is 4.88 Å². The maximum absolute atomic E-state index is 11.3. The fourth-order valence-corrected chi connectivity index (χ4v) is 3.32. The van der Waals surface area contributed by atoms with Crippen molar-refractivity contribution in [2.75, 3.05) is 0 Å². The number of benzene rings is 1. The Kier molecular flexibility index (Phi) is 3.66. The smallest absolute Gasteiger partial charge is 0.231 e. The molecule has 1 aromatic carbocycles. The molecule has 0 N–H and O–H groups in total. The molecule has 0 atom stereocenters. The van der Waals surface area contributed by atoms with Crippen molar-refractivity contribution >= 4 is 27.3 Å². The van der Waals surface area contributed by atoms with Crippen LogP contribution in [0.4, 0.5) is 0 Å². The normalized spacial score (nSPS) is 10.9. The van der Waals surface area contributed by atoms with Gasteiger partial charge in [-0.05, 0) is 57.5 Å². The largest absolute Gasteiger partial charge is 0.438 e. The minimum absolute atomic E-state index is 0.0381. The number of ether oxygens (including phenoxy) is 1. The van der Waals surface area contributed by atoms with Gasteiger partial charge in [-0.15, -0.1) is 11.3 Å². The second-order valence-corrected chi connectivity index (χ2v) is 6.43. The van der Waals surface area contributed by atoms with E-state index in [0.29, 0.717) is 23.0 Å². The number of carbonyl (C=O) groups excluding carboxylic acids is 1. The number of fused-ring (bicyclic) bond motifs is 1. The Morgan fingerprint density at radius 1 is 1.09 bits per heavy atom. The third-order valence-electron chi connectivity index (χ3n) is 3.58. The lowest BCUT2D eigenvalue weighted by molar-refractivity contribution is 0.101. The third-order valence-corrected chi connectivity index (χ3v) is 4.68. The van der Waals surface area contributed by atoms with Crippen LogP contribution in [-0.2, 0) is 0 Å². The Bertz CT molecular complexity index is 866. The number of thiophene rings is 1. The van der Waals surface area contributed by atoms with Crippen molar-refractivity contribution in [2.24, 2.45) is 0 Å². The van der Waals surface area contributed by atoms with E-state index in [1.54, 1.807) is 42.5 Å².